The fourth-order valence-electron chi connectivity index (χ4n) is 0.489. The molecule has 12 heavy (non-hydrogen) atoms. The summed E-state index contributed by atoms with van der Waals surface area (Å²) in [4.78, 5) is 30.8. The molecular weight excluding hydrogens is 288 g/mol. The molecule has 0 aromatic carbocycles. The average Bonchev–Trinajstić information content (AvgIpc) is 2.08. The van der Waals surface area contributed by atoms with Gasteiger partial charge in [-0.2, -0.15) is 2.78 Å². The monoisotopic (exact) mass is 289 g/mol. The molecule has 9 heteroatoms. The maximum Gasteiger partial charge on any atom is 0.398 e. The van der Waals surface area contributed by atoms with Crippen molar-refractivity contribution in [2.75, 3.05) is 0 Å². The summed E-state index contributed by atoms with van der Waals surface area (Å²) in [5, 5.41) is 8.56. The zero-order chi connectivity index (χ0) is 9.46. The highest BCUT2D eigenvalue weighted by Crippen LogP contribution is 1.75. The van der Waals surface area contributed by atoms with Crippen molar-refractivity contribution in [1.29, 1.82) is 0 Å². The first-order valence-electron chi connectivity index (χ1n) is 2.49. The minimum atomic E-state index is -1.72. The summed E-state index contributed by atoms with van der Waals surface area (Å²) in [5.74, 6) is 0. The van der Waals surface area contributed by atoms with E-state index in [2.05, 4.69) is 0 Å². The Hall–Kier alpha value is -1.13. The van der Waals surface area contributed by atoms with Crippen molar-refractivity contribution in [3.05, 3.63) is 31.5 Å². The maximum absolute atomic E-state index is 12.4. The molecule has 1 aromatic rings. The van der Waals surface area contributed by atoms with Crippen molar-refractivity contribution in [1.82, 2.24) is 12.3 Å². The van der Waals surface area contributed by atoms with Gasteiger partial charge in [0.1, 0.15) is 0 Å². The molecule has 0 aliphatic rings. The first-order chi connectivity index (χ1) is 5.46. The lowest BCUT2D eigenvalue weighted by Gasteiger charge is -1.96. The number of hydrogen-bond donors (Lipinski definition) is 1. The Kier molecular flexibility index (Phi) is 2.04. The largest absolute Gasteiger partial charge is 0.420 e. The van der Waals surface area contributed by atoms with Crippen LogP contribution in [-0.4, -0.2) is 17.5 Å². The van der Waals surface area contributed by atoms with Crippen LogP contribution in [0.4, 0.5) is 4.48 Å². The van der Waals surface area contributed by atoms with E-state index in [9.17, 15) is 18.9 Å². The average molecular weight is 289 g/mol. The van der Waals surface area contributed by atoms with E-state index in [0.717, 1.165) is 22.9 Å². The van der Waals surface area contributed by atoms with Gasteiger partial charge in [-0.05, 0) is 0 Å². The van der Waals surface area contributed by atoms with E-state index in [1.165, 1.54) is 0 Å². The molecule has 0 bridgehead atoms. The Morgan fingerprint density at radius 1 is 1.17 bits per heavy atom. The molecule has 7 nitrogen and oxygen atoms in total. The normalized spacial score (nSPS) is 10.2. The zero-order valence-electron chi connectivity index (χ0n) is 5.27. The van der Waals surface area contributed by atoms with Gasteiger partial charge in [-0.15, -0.1) is 0 Å². The standard InChI is InChI=1S/C3HFIN3O4/c4-6-1(9)7(5)3(11)8(12)2(6)10/h12H. The molecular formula is C3HFIN3O4. The molecule has 0 saturated carbocycles. The van der Waals surface area contributed by atoms with Gasteiger partial charge >= 0.3 is 17.1 Å². The number of hydrogen-bond acceptors (Lipinski definition) is 4. The number of nitrogens with zero attached hydrogens (tertiary/aromatic N) is 3. The second-order valence-electron chi connectivity index (χ2n) is 1.72. The highest BCUT2D eigenvalue weighted by Gasteiger charge is 2.11. The van der Waals surface area contributed by atoms with Gasteiger partial charge in [-0.25, -0.2) is 14.4 Å². The second-order valence-corrected chi connectivity index (χ2v) is 2.69. The lowest BCUT2D eigenvalue weighted by atomic mass is 11.0. The van der Waals surface area contributed by atoms with Gasteiger partial charge in [0.15, 0.2) is 0 Å². The fraction of sp³-hybridized carbons (Fsp3) is 0. The molecule has 0 aliphatic carbocycles. The number of halogens is 2. The number of aromatic nitrogens is 3. The van der Waals surface area contributed by atoms with Crippen LogP contribution in [-0.2, 0) is 0 Å². The lowest BCUT2D eigenvalue weighted by molar-refractivity contribution is 0.128. The van der Waals surface area contributed by atoms with E-state index in [4.69, 9.17) is 5.21 Å². The summed E-state index contributed by atoms with van der Waals surface area (Å²) < 4.78 is 12.1. The Morgan fingerprint density at radius 3 is 2.17 bits per heavy atom. The maximum atomic E-state index is 12.4. The van der Waals surface area contributed by atoms with E-state index in [1.54, 1.807) is 0 Å². The van der Waals surface area contributed by atoms with Gasteiger partial charge < -0.3 is 5.21 Å². The van der Waals surface area contributed by atoms with Gasteiger partial charge in [-0.3, -0.25) is 0 Å². The molecule has 0 amide bonds. The van der Waals surface area contributed by atoms with Crippen molar-refractivity contribution in [2.24, 2.45) is 0 Å². The van der Waals surface area contributed by atoms with Crippen molar-refractivity contribution >= 4 is 22.9 Å². The third-order valence-electron chi connectivity index (χ3n) is 1.03. The van der Waals surface area contributed by atoms with E-state index < -0.39 is 26.6 Å². The predicted octanol–water partition coefficient (Wildman–Crippen LogP) is -1.66. The van der Waals surface area contributed by atoms with Gasteiger partial charge in [0.25, 0.3) is 0 Å². The Labute approximate surface area is 76.7 Å². The summed E-state index contributed by atoms with van der Waals surface area (Å²) in [6.07, 6.45) is 0. The first-order valence-corrected chi connectivity index (χ1v) is 3.46. The molecule has 0 radical (unpaired) electrons. The summed E-state index contributed by atoms with van der Waals surface area (Å²) in [7, 11) is 0. The SMILES string of the molecule is O=c1n(O)c(=O)n(I)c(=O)n1F. The minimum Gasteiger partial charge on any atom is -0.420 e. The molecule has 1 N–H and O–H groups in total. The molecule has 1 aromatic heterocycles. The van der Waals surface area contributed by atoms with Crippen LogP contribution in [0.1, 0.15) is 0 Å². The molecule has 1 rings (SSSR count). The quantitative estimate of drug-likeness (QED) is 0.457. The van der Waals surface area contributed by atoms with Gasteiger partial charge in [0.05, 0.1) is 22.9 Å². The molecule has 0 saturated heterocycles. The molecule has 0 aliphatic heterocycles. The second kappa shape index (κ2) is 2.73. The third kappa shape index (κ3) is 1.05. The fourth-order valence-corrected chi connectivity index (χ4v) is 0.883. The van der Waals surface area contributed by atoms with Crippen molar-refractivity contribution in [3.8, 4) is 0 Å². The van der Waals surface area contributed by atoms with Crippen LogP contribution < -0.4 is 17.1 Å². The molecule has 0 unspecified atom stereocenters. The Bertz CT molecular complexity index is 382. The van der Waals surface area contributed by atoms with Crippen LogP contribution in [0.15, 0.2) is 14.4 Å². The van der Waals surface area contributed by atoms with Crippen LogP contribution in [0.5, 0.6) is 0 Å². The highest BCUT2D eigenvalue weighted by molar-refractivity contribution is 14.1. The summed E-state index contributed by atoms with van der Waals surface area (Å²) >= 11 is 1.15. The van der Waals surface area contributed by atoms with Crippen molar-refractivity contribution in [2.45, 2.75) is 0 Å². The van der Waals surface area contributed by atoms with E-state index >= 15 is 0 Å². The zero-order valence-corrected chi connectivity index (χ0v) is 7.43. The number of rotatable bonds is 0. The molecule has 66 valence electrons. The summed E-state index contributed by atoms with van der Waals surface area (Å²) in [6.45, 7) is 0. The van der Waals surface area contributed by atoms with Gasteiger partial charge in [0.2, 0.25) is 0 Å². The van der Waals surface area contributed by atoms with Crippen LogP contribution in [0, 0.1) is 0 Å². The van der Waals surface area contributed by atoms with Crippen molar-refractivity contribution in [3.63, 3.8) is 0 Å². The smallest absolute Gasteiger partial charge is 0.398 e. The van der Waals surface area contributed by atoms with Crippen LogP contribution in [0.25, 0.3) is 0 Å². The van der Waals surface area contributed by atoms with Gasteiger partial charge in [-0.1, -0.05) is 14.0 Å². The van der Waals surface area contributed by atoms with Gasteiger partial charge in [0, 0.05) is 0 Å². The van der Waals surface area contributed by atoms with Crippen LogP contribution in [0.2, 0.25) is 0 Å². The molecule has 1 heterocycles. The first kappa shape index (κ1) is 8.96. The molecule has 0 spiro atoms. The summed E-state index contributed by atoms with van der Waals surface area (Å²) in [5.41, 5.74) is -4.48. The highest BCUT2D eigenvalue weighted by atomic mass is 127. The molecule has 0 fully saturated rings. The van der Waals surface area contributed by atoms with E-state index in [1.807, 2.05) is 0 Å². The van der Waals surface area contributed by atoms with Crippen molar-refractivity contribution < 1.29 is 9.69 Å². The predicted molar refractivity (Wildman–Crippen MR) is 42.3 cm³/mol. The Morgan fingerprint density at radius 2 is 1.67 bits per heavy atom. The summed E-state index contributed by atoms with van der Waals surface area (Å²) in [6, 6.07) is 0. The van der Waals surface area contributed by atoms with E-state index in [0.29, 0.717) is 0 Å². The van der Waals surface area contributed by atoms with Crippen LogP contribution in [0.3, 0.4) is 0 Å². The third-order valence-corrected chi connectivity index (χ3v) is 1.86. The Balaban J connectivity index is 4.00. The molecule has 0 atom stereocenters. The minimum absolute atomic E-state index is 0.221. The van der Waals surface area contributed by atoms with Crippen LogP contribution >= 0.6 is 22.9 Å². The topological polar surface area (TPSA) is 86.2 Å². The van der Waals surface area contributed by atoms with E-state index in [-0.39, 0.29) is 2.78 Å². The lowest BCUT2D eigenvalue weighted by Crippen LogP contribution is -2.49.